The van der Waals surface area contributed by atoms with Gasteiger partial charge in [-0.2, -0.15) is 0 Å². The van der Waals surface area contributed by atoms with E-state index >= 15 is 0 Å². The normalized spacial score (nSPS) is 13.6. The lowest BCUT2D eigenvalue weighted by molar-refractivity contribution is 0.254. The van der Waals surface area contributed by atoms with Crippen molar-refractivity contribution < 1.29 is 13.5 Å². The van der Waals surface area contributed by atoms with Crippen LogP contribution >= 0.6 is 27.5 Å². The van der Waals surface area contributed by atoms with E-state index in [0.717, 1.165) is 0 Å². The standard InChI is InChI=1S/C10H13BrClNO3S/c1-2-8(6-14)13-17(15,16)10-4-3-7(11)5-9(10)12/h3-5,8,13-14H,2,6H2,1H3. The third kappa shape index (κ3) is 3.93. The van der Waals surface area contributed by atoms with Crippen molar-refractivity contribution in [3.05, 3.63) is 27.7 Å². The van der Waals surface area contributed by atoms with E-state index in [4.69, 9.17) is 16.7 Å². The zero-order chi connectivity index (χ0) is 13.1. The van der Waals surface area contributed by atoms with Crippen LogP contribution in [0.25, 0.3) is 0 Å². The molecular weight excluding hydrogens is 330 g/mol. The molecule has 96 valence electrons. The van der Waals surface area contributed by atoms with Crippen LogP contribution in [0.5, 0.6) is 0 Å². The molecule has 0 amide bonds. The highest BCUT2D eigenvalue weighted by Crippen LogP contribution is 2.25. The molecule has 0 saturated carbocycles. The van der Waals surface area contributed by atoms with Crippen LogP contribution in [0.4, 0.5) is 0 Å². The number of rotatable bonds is 5. The highest BCUT2D eigenvalue weighted by atomic mass is 79.9. The molecule has 0 aliphatic rings. The van der Waals surface area contributed by atoms with Gasteiger partial charge in [0.25, 0.3) is 0 Å². The molecule has 1 unspecified atom stereocenters. The van der Waals surface area contributed by atoms with Crippen molar-refractivity contribution in [2.45, 2.75) is 24.3 Å². The maximum Gasteiger partial charge on any atom is 0.242 e. The van der Waals surface area contributed by atoms with Gasteiger partial charge >= 0.3 is 0 Å². The molecule has 0 heterocycles. The van der Waals surface area contributed by atoms with Gasteiger partial charge in [-0.3, -0.25) is 0 Å². The Bertz CT molecular complexity index is 488. The minimum atomic E-state index is -3.69. The Balaban J connectivity index is 3.05. The third-order valence-electron chi connectivity index (χ3n) is 2.22. The van der Waals surface area contributed by atoms with E-state index in [2.05, 4.69) is 20.7 Å². The topological polar surface area (TPSA) is 66.4 Å². The molecule has 0 aliphatic carbocycles. The molecule has 0 aromatic heterocycles. The SMILES string of the molecule is CCC(CO)NS(=O)(=O)c1ccc(Br)cc1Cl. The fourth-order valence-electron chi connectivity index (χ4n) is 1.23. The number of hydrogen-bond acceptors (Lipinski definition) is 3. The van der Waals surface area contributed by atoms with Crippen LogP contribution in [0.2, 0.25) is 5.02 Å². The minimum Gasteiger partial charge on any atom is -0.395 e. The first kappa shape index (κ1) is 14.9. The molecule has 0 bridgehead atoms. The van der Waals surface area contributed by atoms with E-state index < -0.39 is 16.1 Å². The molecule has 1 aromatic carbocycles. The van der Waals surface area contributed by atoms with Crippen molar-refractivity contribution in [2.75, 3.05) is 6.61 Å². The van der Waals surface area contributed by atoms with Crippen molar-refractivity contribution in [3.63, 3.8) is 0 Å². The number of hydrogen-bond donors (Lipinski definition) is 2. The average Bonchev–Trinajstić information content (AvgIpc) is 2.25. The van der Waals surface area contributed by atoms with Gasteiger partial charge in [0.15, 0.2) is 0 Å². The molecule has 0 saturated heterocycles. The van der Waals surface area contributed by atoms with Crippen LogP contribution in [0.3, 0.4) is 0 Å². The average molecular weight is 343 g/mol. The number of benzene rings is 1. The van der Waals surface area contributed by atoms with E-state index in [-0.39, 0.29) is 16.5 Å². The van der Waals surface area contributed by atoms with Gasteiger partial charge in [0.1, 0.15) is 4.90 Å². The highest BCUT2D eigenvalue weighted by molar-refractivity contribution is 9.10. The summed E-state index contributed by atoms with van der Waals surface area (Å²) >= 11 is 9.07. The second kappa shape index (κ2) is 6.15. The fourth-order valence-corrected chi connectivity index (χ4v) is 3.57. The first-order chi connectivity index (χ1) is 7.90. The summed E-state index contributed by atoms with van der Waals surface area (Å²) in [6.07, 6.45) is 0.504. The van der Waals surface area contributed by atoms with Crippen molar-refractivity contribution in [1.29, 1.82) is 0 Å². The van der Waals surface area contributed by atoms with E-state index in [9.17, 15) is 8.42 Å². The number of aliphatic hydroxyl groups is 1. The Hall–Kier alpha value is -0.140. The number of sulfonamides is 1. The summed E-state index contributed by atoms with van der Waals surface area (Å²) < 4.78 is 27.0. The molecule has 1 rings (SSSR count). The molecule has 1 atom stereocenters. The second-order valence-electron chi connectivity index (χ2n) is 3.48. The van der Waals surface area contributed by atoms with Gasteiger partial charge in [-0.15, -0.1) is 0 Å². The second-order valence-corrected chi connectivity index (χ2v) is 6.49. The van der Waals surface area contributed by atoms with Gasteiger partial charge in [0.05, 0.1) is 11.6 Å². The Morgan fingerprint density at radius 2 is 2.18 bits per heavy atom. The fraction of sp³-hybridized carbons (Fsp3) is 0.400. The summed E-state index contributed by atoms with van der Waals surface area (Å²) in [5, 5.41) is 9.12. The summed E-state index contributed by atoms with van der Waals surface area (Å²) in [6, 6.07) is 4.02. The summed E-state index contributed by atoms with van der Waals surface area (Å²) in [5.41, 5.74) is 0. The Labute approximate surface area is 114 Å². The Morgan fingerprint density at radius 3 is 2.65 bits per heavy atom. The molecule has 0 aliphatic heterocycles. The van der Waals surface area contributed by atoms with E-state index in [1.54, 1.807) is 13.0 Å². The lowest BCUT2D eigenvalue weighted by atomic mass is 10.3. The third-order valence-corrected chi connectivity index (χ3v) is 4.72. The largest absolute Gasteiger partial charge is 0.395 e. The molecule has 1 aromatic rings. The van der Waals surface area contributed by atoms with Crippen LogP contribution in [0, 0.1) is 0 Å². The Kier molecular flexibility index (Phi) is 5.40. The van der Waals surface area contributed by atoms with Gasteiger partial charge in [-0.05, 0) is 24.6 Å². The summed E-state index contributed by atoms with van der Waals surface area (Å²) in [7, 11) is -3.69. The number of nitrogens with one attached hydrogen (secondary N) is 1. The first-order valence-electron chi connectivity index (χ1n) is 4.99. The van der Waals surface area contributed by atoms with Crippen LogP contribution in [0.1, 0.15) is 13.3 Å². The van der Waals surface area contributed by atoms with Crippen molar-refractivity contribution >= 4 is 37.6 Å². The maximum absolute atomic E-state index is 12.0. The number of aliphatic hydroxyl groups excluding tert-OH is 1. The molecule has 0 spiro atoms. The monoisotopic (exact) mass is 341 g/mol. The molecular formula is C10H13BrClNO3S. The Morgan fingerprint density at radius 1 is 1.53 bits per heavy atom. The lowest BCUT2D eigenvalue weighted by Crippen LogP contribution is -2.37. The molecule has 0 radical (unpaired) electrons. The van der Waals surface area contributed by atoms with E-state index in [1.165, 1.54) is 12.1 Å². The van der Waals surface area contributed by atoms with E-state index in [1.807, 2.05) is 0 Å². The van der Waals surface area contributed by atoms with Crippen LogP contribution in [0.15, 0.2) is 27.6 Å². The number of halogens is 2. The van der Waals surface area contributed by atoms with Crippen molar-refractivity contribution in [3.8, 4) is 0 Å². The minimum absolute atomic E-state index is 0.00858. The van der Waals surface area contributed by atoms with E-state index in [0.29, 0.717) is 10.9 Å². The summed E-state index contributed by atoms with van der Waals surface area (Å²) in [5.74, 6) is 0. The zero-order valence-electron chi connectivity index (χ0n) is 9.15. The predicted molar refractivity (Wildman–Crippen MR) is 70.6 cm³/mol. The molecule has 7 heteroatoms. The summed E-state index contributed by atoms with van der Waals surface area (Å²) in [4.78, 5) is 0.00858. The molecule has 0 fully saturated rings. The maximum atomic E-state index is 12.0. The van der Waals surface area contributed by atoms with Gasteiger partial charge in [-0.1, -0.05) is 34.5 Å². The summed E-state index contributed by atoms with van der Waals surface area (Å²) in [6.45, 7) is 1.54. The first-order valence-corrected chi connectivity index (χ1v) is 7.64. The smallest absolute Gasteiger partial charge is 0.242 e. The molecule has 2 N–H and O–H groups in total. The van der Waals surface area contributed by atoms with Gasteiger partial charge in [0, 0.05) is 10.5 Å². The predicted octanol–water partition coefficient (Wildman–Crippen LogP) is 2.15. The zero-order valence-corrected chi connectivity index (χ0v) is 12.3. The lowest BCUT2D eigenvalue weighted by Gasteiger charge is -2.15. The van der Waals surface area contributed by atoms with Crippen LogP contribution in [-0.2, 0) is 10.0 Å². The van der Waals surface area contributed by atoms with Gasteiger partial charge in [-0.25, -0.2) is 13.1 Å². The molecule has 4 nitrogen and oxygen atoms in total. The van der Waals surface area contributed by atoms with Crippen molar-refractivity contribution in [2.24, 2.45) is 0 Å². The van der Waals surface area contributed by atoms with Gasteiger partial charge in [0.2, 0.25) is 10.0 Å². The van der Waals surface area contributed by atoms with Gasteiger partial charge < -0.3 is 5.11 Å². The molecule has 17 heavy (non-hydrogen) atoms. The highest BCUT2D eigenvalue weighted by Gasteiger charge is 2.21. The quantitative estimate of drug-likeness (QED) is 0.861. The van der Waals surface area contributed by atoms with Crippen LogP contribution < -0.4 is 4.72 Å². The van der Waals surface area contributed by atoms with Crippen LogP contribution in [-0.4, -0.2) is 26.2 Å². The van der Waals surface area contributed by atoms with Crippen molar-refractivity contribution in [1.82, 2.24) is 4.72 Å².